The summed E-state index contributed by atoms with van der Waals surface area (Å²) in [5, 5.41) is 0. The Morgan fingerprint density at radius 1 is 0.667 bits per heavy atom. The first-order chi connectivity index (χ1) is 8.93. The van der Waals surface area contributed by atoms with Crippen molar-refractivity contribution in [3.8, 4) is 11.6 Å². The number of rotatable bonds is 1. The maximum absolute atomic E-state index is 4.47. The molecule has 0 radical (unpaired) electrons. The molecule has 4 aromatic heterocycles. The van der Waals surface area contributed by atoms with Gasteiger partial charge in [0.25, 0.3) is 0 Å². The Hall–Kier alpha value is -2.62. The van der Waals surface area contributed by atoms with Gasteiger partial charge < -0.3 is 0 Å². The van der Waals surface area contributed by atoms with Gasteiger partial charge in [0, 0.05) is 12.4 Å². The van der Waals surface area contributed by atoms with E-state index in [0.29, 0.717) is 0 Å². The number of aromatic nitrogens is 4. The van der Waals surface area contributed by atoms with Crippen molar-refractivity contribution in [1.29, 1.82) is 0 Å². The summed E-state index contributed by atoms with van der Waals surface area (Å²) in [7, 11) is 0. The zero-order valence-corrected chi connectivity index (χ0v) is 9.56. The number of pyridine rings is 2. The molecule has 0 bridgehead atoms. The van der Waals surface area contributed by atoms with Crippen molar-refractivity contribution in [3.63, 3.8) is 0 Å². The van der Waals surface area contributed by atoms with Crippen LogP contribution < -0.4 is 0 Å². The lowest BCUT2D eigenvalue weighted by Crippen LogP contribution is -1.94. The van der Waals surface area contributed by atoms with E-state index in [0.717, 1.165) is 22.7 Å². The zero-order chi connectivity index (χ0) is 11.9. The topological polar surface area (TPSA) is 34.6 Å². The molecule has 0 atom stereocenters. The fourth-order valence-electron chi connectivity index (χ4n) is 2.22. The predicted octanol–water partition coefficient (Wildman–Crippen LogP) is 2.65. The maximum Gasteiger partial charge on any atom is 0.181 e. The molecule has 4 rings (SSSR count). The summed E-state index contributed by atoms with van der Waals surface area (Å²) < 4.78 is 4.09. The van der Waals surface area contributed by atoms with Gasteiger partial charge in [-0.25, -0.2) is 9.97 Å². The lowest BCUT2D eigenvalue weighted by molar-refractivity contribution is 1.07. The first-order valence-electron chi connectivity index (χ1n) is 5.78. The molecular weight excluding hydrogens is 224 g/mol. The molecular formula is C14H10N4. The van der Waals surface area contributed by atoms with Crippen LogP contribution in [0.5, 0.6) is 0 Å². The molecule has 0 aliphatic heterocycles. The van der Waals surface area contributed by atoms with Crippen LogP contribution in [0.15, 0.2) is 61.2 Å². The Morgan fingerprint density at radius 3 is 1.67 bits per heavy atom. The van der Waals surface area contributed by atoms with Crippen molar-refractivity contribution < 1.29 is 0 Å². The molecule has 0 fully saturated rings. The molecule has 0 unspecified atom stereocenters. The summed E-state index contributed by atoms with van der Waals surface area (Å²) in [5.41, 5.74) is 2.14. The minimum absolute atomic E-state index is 0.858. The third kappa shape index (κ3) is 1.20. The van der Waals surface area contributed by atoms with Crippen LogP contribution in [0.4, 0.5) is 0 Å². The molecule has 86 valence electrons. The van der Waals surface area contributed by atoms with Crippen molar-refractivity contribution in [3.05, 3.63) is 61.2 Å². The van der Waals surface area contributed by atoms with E-state index in [9.17, 15) is 0 Å². The first kappa shape index (κ1) is 9.41. The van der Waals surface area contributed by atoms with Crippen LogP contribution in [0, 0.1) is 0 Å². The Kier molecular flexibility index (Phi) is 1.80. The monoisotopic (exact) mass is 234 g/mol. The molecule has 4 nitrogen and oxygen atoms in total. The van der Waals surface area contributed by atoms with Crippen LogP contribution in [0.3, 0.4) is 0 Å². The van der Waals surface area contributed by atoms with Gasteiger partial charge in [-0.2, -0.15) is 0 Å². The molecule has 0 N–H and O–H groups in total. The molecule has 4 heteroatoms. The Balaban J connectivity index is 2.08. The van der Waals surface area contributed by atoms with Crippen LogP contribution in [0.2, 0.25) is 0 Å². The van der Waals surface area contributed by atoms with Gasteiger partial charge in [0.05, 0.1) is 23.4 Å². The van der Waals surface area contributed by atoms with E-state index in [1.165, 1.54) is 0 Å². The lowest BCUT2D eigenvalue weighted by Gasteiger charge is -2.00. The Morgan fingerprint density at radius 2 is 1.17 bits per heavy atom. The molecule has 0 aliphatic rings. The Labute approximate surface area is 103 Å². The van der Waals surface area contributed by atoms with Crippen LogP contribution in [-0.2, 0) is 0 Å². The molecule has 0 spiro atoms. The van der Waals surface area contributed by atoms with Gasteiger partial charge in [-0.15, -0.1) is 0 Å². The molecule has 4 heterocycles. The minimum atomic E-state index is 0.858. The summed E-state index contributed by atoms with van der Waals surface area (Å²) in [6.07, 6.45) is 7.72. The molecule has 0 saturated heterocycles. The summed E-state index contributed by atoms with van der Waals surface area (Å²) in [6.45, 7) is 0. The summed E-state index contributed by atoms with van der Waals surface area (Å²) in [5.74, 6) is 1.72. The number of nitrogens with zero attached hydrogens (tertiary/aromatic N) is 4. The van der Waals surface area contributed by atoms with Crippen molar-refractivity contribution >= 4 is 11.0 Å². The standard InChI is InChI=1S/C14H10N4/c1-3-7-17-11(5-1)9-15-13(17)14-16-10-12-6-2-4-8-18(12)14/h1-10H. The average Bonchev–Trinajstić information content (AvgIpc) is 3.01. The number of hydrogen-bond donors (Lipinski definition) is 0. The van der Waals surface area contributed by atoms with Gasteiger partial charge in [-0.3, -0.25) is 8.80 Å². The molecule has 0 amide bonds. The van der Waals surface area contributed by atoms with Gasteiger partial charge in [0.15, 0.2) is 11.6 Å². The van der Waals surface area contributed by atoms with E-state index in [4.69, 9.17) is 0 Å². The largest absolute Gasteiger partial charge is 0.297 e. The molecule has 4 aromatic rings. The normalized spacial score (nSPS) is 11.3. The van der Waals surface area contributed by atoms with Crippen molar-refractivity contribution in [2.75, 3.05) is 0 Å². The molecule has 0 saturated carbocycles. The van der Waals surface area contributed by atoms with E-state index in [1.54, 1.807) is 0 Å². The summed E-state index contributed by atoms with van der Waals surface area (Å²) >= 11 is 0. The summed E-state index contributed by atoms with van der Waals surface area (Å²) in [4.78, 5) is 8.94. The summed E-state index contributed by atoms with van der Waals surface area (Å²) in [6, 6.07) is 12.1. The minimum Gasteiger partial charge on any atom is -0.297 e. The van der Waals surface area contributed by atoms with Gasteiger partial charge >= 0.3 is 0 Å². The van der Waals surface area contributed by atoms with Crippen molar-refractivity contribution in [1.82, 2.24) is 18.8 Å². The molecule has 0 aromatic carbocycles. The first-order valence-corrected chi connectivity index (χ1v) is 5.78. The zero-order valence-electron chi connectivity index (χ0n) is 9.56. The highest BCUT2D eigenvalue weighted by atomic mass is 15.1. The van der Waals surface area contributed by atoms with Crippen molar-refractivity contribution in [2.24, 2.45) is 0 Å². The van der Waals surface area contributed by atoms with Crippen LogP contribution in [0.1, 0.15) is 0 Å². The van der Waals surface area contributed by atoms with E-state index >= 15 is 0 Å². The highest BCUT2D eigenvalue weighted by molar-refractivity contribution is 5.61. The van der Waals surface area contributed by atoms with E-state index in [1.807, 2.05) is 70.0 Å². The van der Waals surface area contributed by atoms with Gasteiger partial charge in [0.2, 0.25) is 0 Å². The molecule has 18 heavy (non-hydrogen) atoms. The van der Waals surface area contributed by atoms with Gasteiger partial charge in [-0.05, 0) is 24.3 Å². The predicted molar refractivity (Wildman–Crippen MR) is 69.4 cm³/mol. The Bertz CT molecular complexity index is 769. The highest BCUT2D eigenvalue weighted by Gasteiger charge is 2.11. The lowest BCUT2D eigenvalue weighted by atomic mass is 10.4. The van der Waals surface area contributed by atoms with E-state index < -0.39 is 0 Å². The second-order valence-corrected chi connectivity index (χ2v) is 4.15. The number of fused-ring (bicyclic) bond motifs is 2. The number of imidazole rings is 2. The van der Waals surface area contributed by atoms with E-state index in [2.05, 4.69) is 9.97 Å². The highest BCUT2D eigenvalue weighted by Crippen LogP contribution is 2.19. The fourth-order valence-corrected chi connectivity index (χ4v) is 2.22. The van der Waals surface area contributed by atoms with Gasteiger partial charge in [-0.1, -0.05) is 12.1 Å². The number of hydrogen-bond acceptors (Lipinski definition) is 2. The van der Waals surface area contributed by atoms with Gasteiger partial charge in [0.1, 0.15) is 0 Å². The maximum atomic E-state index is 4.47. The average molecular weight is 234 g/mol. The third-order valence-electron chi connectivity index (χ3n) is 3.08. The van der Waals surface area contributed by atoms with Crippen LogP contribution in [-0.4, -0.2) is 18.8 Å². The fraction of sp³-hybridized carbons (Fsp3) is 0. The smallest absolute Gasteiger partial charge is 0.181 e. The van der Waals surface area contributed by atoms with Crippen LogP contribution in [0.25, 0.3) is 22.7 Å². The molecule has 0 aliphatic carbocycles. The van der Waals surface area contributed by atoms with Crippen molar-refractivity contribution in [2.45, 2.75) is 0 Å². The quantitative estimate of drug-likeness (QED) is 0.507. The van der Waals surface area contributed by atoms with E-state index in [-0.39, 0.29) is 0 Å². The SMILES string of the molecule is c1ccn2c(-c3ncc4ccccn34)ncc2c1. The second kappa shape index (κ2) is 3.43. The van der Waals surface area contributed by atoms with Crippen LogP contribution >= 0.6 is 0 Å². The third-order valence-corrected chi connectivity index (χ3v) is 3.08. The second-order valence-electron chi connectivity index (χ2n) is 4.15.